The van der Waals surface area contributed by atoms with Gasteiger partial charge in [0.2, 0.25) is 0 Å². The molecule has 0 aliphatic carbocycles. The number of aromatic nitrogens is 1. The van der Waals surface area contributed by atoms with E-state index in [1.807, 2.05) is 0 Å². The normalized spacial score (nSPS) is 11.6. The van der Waals surface area contributed by atoms with Crippen LogP contribution in [-0.2, 0) is 9.53 Å². The molecule has 0 bridgehead atoms. The monoisotopic (exact) mass is 338 g/mol. The number of hydrogen-bond acceptors (Lipinski definition) is 4. The van der Waals surface area contributed by atoms with Gasteiger partial charge in [0.15, 0.2) is 12.3 Å². The van der Waals surface area contributed by atoms with Gasteiger partial charge in [-0.1, -0.05) is 11.6 Å². The number of ether oxygens (including phenoxy) is 1. The molecule has 23 heavy (non-hydrogen) atoms. The van der Waals surface area contributed by atoms with E-state index in [1.54, 1.807) is 0 Å². The number of nitrogens with zero attached hydrogens (tertiary/aromatic N) is 1. The van der Waals surface area contributed by atoms with E-state index in [2.05, 4.69) is 5.32 Å². The van der Waals surface area contributed by atoms with Crippen LogP contribution in [0.2, 0.25) is 5.02 Å². The molecule has 6 nitrogen and oxygen atoms in total. The largest absolute Gasteiger partial charge is 0.618 e. The molecule has 2 rings (SSSR count). The van der Waals surface area contributed by atoms with Crippen LogP contribution >= 0.6 is 11.6 Å². The van der Waals surface area contributed by atoms with Crippen LogP contribution in [0.3, 0.4) is 0 Å². The van der Waals surface area contributed by atoms with Crippen molar-refractivity contribution in [2.24, 2.45) is 0 Å². The first kappa shape index (κ1) is 16.7. The second kappa shape index (κ2) is 7.06. The Hall–Kier alpha value is -2.67. The molecule has 1 aromatic carbocycles. The zero-order valence-electron chi connectivity index (χ0n) is 12.0. The number of carbonyl (C=O) groups excluding carboxylic acids is 2. The van der Waals surface area contributed by atoms with Crippen LogP contribution in [-0.4, -0.2) is 18.0 Å². The van der Waals surface area contributed by atoms with Gasteiger partial charge in [-0.3, -0.25) is 4.79 Å². The van der Waals surface area contributed by atoms with Gasteiger partial charge in [0.25, 0.3) is 5.91 Å². The summed E-state index contributed by atoms with van der Waals surface area (Å²) in [5.41, 5.74) is -0.356. The Morgan fingerprint density at radius 3 is 2.74 bits per heavy atom. The molecule has 0 spiro atoms. The van der Waals surface area contributed by atoms with E-state index in [1.165, 1.54) is 37.3 Å². The van der Waals surface area contributed by atoms with Crippen LogP contribution in [0.25, 0.3) is 0 Å². The van der Waals surface area contributed by atoms with Gasteiger partial charge in [-0.2, -0.15) is 4.73 Å². The Labute approximate surface area is 136 Å². The molecule has 1 atom stereocenters. The van der Waals surface area contributed by atoms with E-state index < -0.39 is 23.8 Å². The first-order chi connectivity index (χ1) is 10.9. The average molecular weight is 339 g/mol. The van der Waals surface area contributed by atoms with Crippen molar-refractivity contribution in [2.75, 3.05) is 5.32 Å². The Morgan fingerprint density at radius 1 is 1.35 bits per heavy atom. The number of rotatable bonds is 4. The summed E-state index contributed by atoms with van der Waals surface area (Å²) in [4.78, 5) is 23.8. The molecule has 1 aromatic heterocycles. The fraction of sp³-hybridized carbons (Fsp3) is 0.133. The number of benzene rings is 1. The quantitative estimate of drug-likeness (QED) is 0.527. The van der Waals surface area contributed by atoms with Crippen LogP contribution < -0.4 is 10.0 Å². The van der Waals surface area contributed by atoms with Gasteiger partial charge in [-0.25, -0.2) is 9.18 Å². The summed E-state index contributed by atoms with van der Waals surface area (Å²) >= 11 is 5.61. The first-order valence-corrected chi connectivity index (χ1v) is 6.91. The van der Waals surface area contributed by atoms with E-state index >= 15 is 0 Å². The highest BCUT2D eigenvalue weighted by Gasteiger charge is 2.24. The van der Waals surface area contributed by atoms with Crippen molar-refractivity contribution in [2.45, 2.75) is 13.0 Å². The van der Waals surface area contributed by atoms with Gasteiger partial charge >= 0.3 is 11.7 Å². The predicted molar refractivity (Wildman–Crippen MR) is 80.3 cm³/mol. The molecule has 0 aliphatic rings. The summed E-state index contributed by atoms with van der Waals surface area (Å²) in [6.07, 6.45) is -0.0949. The summed E-state index contributed by atoms with van der Waals surface area (Å²) in [6.45, 7) is 1.30. The third-order valence-electron chi connectivity index (χ3n) is 2.88. The van der Waals surface area contributed by atoms with Crippen LogP contribution in [0.15, 0.2) is 42.6 Å². The molecule has 2 aromatic rings. The lowest BCUT2D eigenvalue weighted by Gasteiger charge is -2.13. The lowest BCUT2D eigenvalue weighted by atomic mass is 10.3. The van der Waals surface area contributed by atoms with Crippen molar-refractivity contribution < 1.29 is 23.4 Å². The van der Waals surface area contributed by atoms with E-state index in [0.717, 1.165) is 12.3 Å². The van der Waals surface area contributed by atoms with Crippen LogP contribution in [0.4, 0.5) is 10.1 Å². The molecule has 1 N–H and O–H groups in total. The number of esters is 1. The SMILES string of the molecule is C[C@H](OC(=O)c1cccc[n+]1[O-])C(=O)Nc1ccc(Cl)cc1F. The maximum atomic E-state index is 13.6. The topological polar surface area (TPSA) is 82.3 Å². The Morgan fingerprint density at radius 2 is 2.09 bits per heavy atom. The van der Waals surface area contributed by atoms with Gasteiger partial charge in [0.05, 0.1) is 5.69 Å². The number of pyridine rings is 1. The second-order valence-electron chi connectivity index (χ2n) is 4.57. The van der Waals surface area contributed by atoms with Gasteiger partial charge in [-0.05, 0) is 31.2 Å². The maximum absolute atomic E-state index is 13.6. The Balaban J connectivity index is 2.03. The van der Waals surface area contributed by atoms with E-state index in [9.17, 15) is 19.2 Å². The highest BCUT2D eigenvalue weighted by Crippen LogP contribution is 2.19. The van der Waals surface area contributed by atoms with Gasteiger partial charge in [0, 0.05) is 17.2 Å². The molecule has 0 saturated heterocycles. The standard InChI is InChI=1S/C15H12ClFN2O4/c1-9(23-15(21)13-4-2-3-7-19(13)22)14(20)18-12-6-5-10(16)8-11(12)17/h2-9H,1H3,(H,18,20)/t9-/m0/s1. The minimum absolute atomic E-state index is 0.0964. The minimum atomic E-state index is -1.22. The summed E-state index contributed by atoms with van der Waals surface area (Å²) in [6, 6.07) is 7.92. The van der Waals surface area contributed by atoms with Gasteiger partial charge in [0.1, 0.15) is 5.82 Å². The zero-order chi connectivity index (χ0) is 17.0. The summed E-state index contributed by atoms with van der Waals surface area (Å²) in [5, 5.41) is 13.9. The number of amides is 1. The lowest BCUT2D eigenvalue weighted by molar-refractivity contribution is -0.608. The molecule has 0 radical (unpaired) electrons. The summed E-state index contributed by atoms with van der Waals surface area (Å²) in [7, 11) is 0. The minimum Gasteiger partial charge on any atom is -0.618 e. The number of nitrogens with one attached hydrogen (secondary N) is 1. The highest BCUT2D eigenvalue weighted by atomic mass is 35.5. The molecule has 0 saturated carbocycles. The predicted octanol–water partition coefficient (Wildman–Crippen LogP) is 2.30. The third-order valence-corrected chi connectivity index (χ3v) is 3.11. The molecular weight excluding hydrogens is 327 g/mol. The number of halogens is 2. The smallest absolute Gasteiger partial charge is 0.405 e. The maximum Gasteiger partial charge on any atom is 0.405 e. The molecule has 120 valence electrons. The fourth-order valence-corrected chi connectivity index (χ4v) is 1.84. The van der Waals surface area contributed by atoms with Crippen molar-refractivity contribution >= 4 is 29.2 Å². The van der Waals surface area contributed by atoms with Crippen LogP contribution in [0, 0.1) is 11.0 Å². The lowest BCUT2D eigenvalue weighted by Crippen LogP contribution is -2.37. The number of anilines is 1. The van der Waals surface area contributed by atoms with Gasteiger partial charge in [-0.15, -0.1) is 0 Å². The van der Waals surface area contributed by atoms with Crippen molar-refractivity contribution in [3.8, 4) is 0 Å². The molecule has 0 aliphatic heterocycles. The zero-order valence-corrected chi connectivity index (χ0v) is 12.7. The molecule has 1 amide bonds. The second-order valence-corrected chi connectivity index (χ2v) is 5.01. The van der Waals surface area contributed by atoms with Gasteiger partial charge < -0.3 is 15.3 Å². The molecule has 8 heteroatoms. The first-order valence-electron chi connectivity index (χ1n) is 6.53. The number of carbonyl (C=O) groups is 2. The van der Waals surface area contributed by atoms with E-state index in [4.69, 9.17) is 16.3 Å². The van der Waals surface area contributed by atoms with E-state index in [-0.39, 0.29) is 16.4 Å². The van der Waals surface area contributed by atoms with Crippen molar-refractivity contribution in [3.63, 3.8) is 0 Å². The van der Waals surface area contributed by atoms with Crippen molar-refractivity contribution in [1.29, 1.82) is 0 Å². The summed E-state index contributed by atoms with van der Waals surface area (Å²) < 4.78 is 18.8. The Kier molecular flexibility index (Phi) is 5.13. The Bertz CT molecular complexity index is 754. The average Bonchev–Trinajstić information content (AvgIpc) is 2.50. The molecule has 0 fully saturated rings. The molecular formula is C15H12ClFN2O4. The van der Waals surface area contributed by atoms with Crippen molar-refractivity contribution in [1.82, 2.24) is 0 Å². The van der Waals surface area contributed by atoms with Crippen LogP contribution in [0.5, 0.6) is 0 Å². The summed E-state index contributed by atoms with van der Waals surface area (Å²) in [5.74, 6) is -2.42. The fourth-order valence-electron chi connectivity index (χ4n) is 1.69. The van der Waals surface area contributed by atoms with E-state index in [0.29, 0.717) is 4.73 Å². The molecule has 0 unspecified atom stereocenters. The third kappa shape index (κ3) is 4.17. The number of hydrogen-bond donors (Lipinski definition) is 1. The molecule has 1 heterocycles. The highest BCUT2D eigenvalue weighted by molar-refractivity contribution is 6.30. The van der Waals surface area contributed by atoms with Crippen molar-refractivity contribution in [3.05, 3.63) is 64.3 Å². The van der Waals surface area contributed by atoms with Crippen LogP contribution in [0.1, 0.15) is 17.4 Å².